The molecule has 2 nitrogen and oxygen atoms in total. The van der Waals surface area contributed by atoms with Crippen molar-refractivity contribution in [1.29, 1.82) is 0 Å². The molecule has 0 amide bonds. The van der Waals surface area contributed by atoms with E-state index in [1.165, 1.54) is 32.9 Å². The van der Waals surface area contributed by atoms with Gasteiger partial charge >= 0.3 is 0 Å². The fourth-order valence-corrected chi connectivity index (χ4v) is 2.92. The van der Waals surface area contributed by atoms with Gasteiger partial charge in [-0.25, -0.2) is 0 Å². The maximum atomic E-state index is 2.26. The molecule has 0 spiro atoms. The lowest BCUT2D eigenvalue weighted by atomic mass is 10.0. The molecule has 0 atom stereocenters. The molecule has 0 saturated heterocycles. The van der Waals surface area contributed by atoms with Gasteiger partial charge in [-0.2, -0.15) is 0 Å². The summed E-state index contributed by atoms with van der Waals surface area (Å²) in [6, 6.07) is 17.7. The Hall–Kier alpha value is -2.48. The van der Waals surface area contributed by atoms with Crippen molar-refractivity contribution in [2.24, 2.45) is 14.1 Å². The molecule has 0 aliphatic rings. The highest BCUT2D eigenvalue weighted by molar-refractivity contribution is 5.89. The van der Waals surface area contributed by atoms with Crippen molar-refractivity contribution in [3.63, 3.8) is 0 Å². The highest BCUT2D eigenvalue weighted by Crippen LogP contribution is 2.27. The lowest BCUT2D eigenvalue weighted by Gasteiger charge is -2.04. The molecule has 0 aliphatic carbocycles. The van der Waals surface area contributed by atoms with Gasteiger partial charge in [0.1, 0.15) is 0 Å². The molecule has 4 aromatic rings. The van der Waals surface area contributed by atoms with E-state index in [-0.39, 0.29) is 0 Å². The van der Waals surface area contributed by atoms with E-state index in [2.05, 4.69) is 84.2 Å². The normalized spacial score (nSPS) is 11.5. The molecular formula is C18H16N2. The maximum Gasteiger partial charge on any atom is 0.0478 e. The van der Waals surface area contributed by atoms with Crippen LogP contribution in [0.15, 0.2) is 60.9 Å². The monoisotopic (exact) mass is 260 g/mol. The summed E-state index contributed by atoms with van der Waals surface area (Å²) in [6.45, 7) is 0. The number of benzene rings is 2. The molecule has 0 unspecified atom stereocenters. The van der Waals surface area contributed by atoms with Crippen molar-refractivity contribution in [2.75, 3.05) is 0 Å². The Morgan fingerprint density at radius 3 is 1.50 bits per heavy atom. The largest absolute Gasteiger partial charge is 0.351 e. The predicted molar refractivity (Wildman–Crippen MR) is 84.8 cm³/mol. The van der Waals surface area contributed by atoms with Gasteiger partial charge in [-0.05, 0) is 47.5 Å². The van der Waals surface area contributed by atoms with Crippen LogP contribution in [0, 0.1) is 0 Å². The van der Waals surface area contributed by atoms with Crippen LogP contribution >= 0.6 is 0 Å². The van der Waals surface area contributed by atoms with Gasteiger partial charge in [-0.3, -0.25) is 0 Å². The molecule has 2 heterocycles. The van der Waals surface area contributed by atoms with Gasteiger partial charge in [0.15, 0.2) is 0 Å². The maximum absolute atomic E-state index is 2.26. The minimum Gasteiger partial charge on any atom is -0.351 e. The van der Waals surface area contributed by atoms with Crippen molar-refractivity contribution >= 4 is 21.8 Å². The second kappa shape index (κ2) is 4.01. The number of rotatable bonds is 1. The summed E-state index contributed by atoms with van der Waals surface area (Å²) in [5.41, 5.74) is 5.09. The molecule has 2 aromatic heterocycles. The van der Waals surface area contributed by atoms with Gasteiger partial charge in [0.25, 0.3) is 0 Å². The van der Waals surface area contributed by atoms with E-state index in [1.807, 2.05) is 0 Å². The summed E-state index contributed by atoms with van der Waals surface area (Å²) < 4.78 is 4.30. The number of aryl methyl sites for hydroxylation is 2. The first-order valence-electron chi connectivity index (χ1n) is 6.83. The summed E-state index contributed by atoms with van der Waals surface area (Å²) >= 11 is 0. The van der Waals surface area contributed by atoms with Crippen molar-refractivity contribution in [1.82, 2.24) is 9.13 Å². The summed E-state index contributed by atoms with van der Waals surface area (Å²) in [5.74, 6) is 0. The zero-order chi connectivity index (χ0) is 13.7. The topological polar surface area (TPSA) is 9.86 Å². The molecule has 4 rings (SSSR count). The van der Waals surface area contributed by atoms with Crippen molar-refractivity contribution in [2.45, 2.75) is 0 Å². The zero-order valence-corrected chi connectivity index (χ0v) is 11.7. The summed E-state index contributed by atoms with van der Waals surface area (Å²) in [4.78, 5) is 0. The number of nitrogens with zero attached hydrogens (tertiary/aromatic N) is 2. The number of hydrogen-bond donors (Lipinski definition) is 0. The molecule has 2 heteroatoms. The Bertz CT molecular complexity index is 847. The van der Waals surface area contributed by atoms with E-state index >= 15 is 0 Å². The Labute approximate surface area is 117 Å². The van der Waals surface area contributed by atoms with E-state index in [4.69, 9.17) is 0 Å². The molecule has 0 fully saturated rings. The van der Waals surface area contributed by atoms with Crippen LogP contribution in [0.25, 0.3) is 32.9 Å². The zero-order valence-electron chi connectivity index (χ0n) is 11.7. The first-order chi connectivity index (χ1) is 9.72. The second-order valence-electron chi connectivity index (χ2n) is 5.40. The van der Waals surface area contributed by atoms with Crippen molar-refractivity contribution in [3.8, 4) is 11.1 Å². The first kappa shape index (κ1) is 11.4. The summed E-state index contributed by atoms with van der Waals surface area (Å²) in [5, 5.41) is 2.58. The minimum absolute atomic E-state index is 1.27. The van der Waals surface area contributed by atoms with Gasteiger partial charge in [-0.15, -0.1) is 0 Å². The van der Waals surface area contributed by atoms with Crippen molar-refractivity contribution in [3.05, 3.63) is 60.9 Å². The lowest BCUT2D eigenvalue weighted by Crippen LogP contribution is -1.85. The van der Waals surface area contributed by atoms with Crippen LogP contribution in [0.5, 0.6) is 0 Å². The molecule has 0 N–H and O–H groups in total. The number of hydrogen-bond acceptors (Lipinski definition) is 0. The van der Waals surface area contributed by atoms with Crippen molar-refractivity contribution < 1.29 is 0 Å². The molecule has 20 heavy (non-hydrogen) atoms. The molecule has 0 aliphatic heterocycles. The average Bonchev–Trinajstić information content (AvgIpc) is 3.03. The standard InChI is InChI=1S/C18H16N2/c1-19-9-7-15-11-13(3-5-17(15)19)14-4-6-18-16(12-14)8-10-20(18)2/h3-12H,1-2H3. The van der Waals surface area contributed by atoms with Crippen LogP contribution in [-0.4, -0.2) is 9.13 Å². The van der Waals surface area contributed by atoms with Gasteiger partial charge in [0.05, 0.1) is 0 Å². The van der Waals surface area contributed by atoms with Gasteiger partial charge in [-0.1, -0.05) is 12.1 Å². The second-order valence-corrected chi connectivity index (χ2v) is 5.40. The highest BCUT2D eigenvalue weighted by Gasteiger charge is 2.04. The lowest BCUT2D eigenvalue weighted by molar-refractivity contribution is 0.969. The molecule has 0 saturated carbocycles. The number of fused-ring (bicyclic) bond motifs is 2. The molecule has 2 aromatic carbocycles. The van der Waals surface area contributed by atoms with Crippen LogP contribution in [0.1, 0.15) is 0 Å². The van der Waals surface area contributed by atoms with Crippen LogP contribution in [-0.2, 0) is 14.1 Å². The fraction of sp³-hybridized carbons (Fsp3) is 0.111. The quantitative estimate of drug-likeness (QED) is 0.482. The van der Waals surface area contributed by atoms with Gasteiger partial charge in [0, 0.05) is 48.3 Å². The number of aromatic nitrogens is 2. The van der Waals surface area contributed by atoms with Gasteiger partial charge < -0.3 is 9.13 Å². The summed E-state index contributed by atoms with van der Waals surface area (Å²) in [6.07, 6.45) is 4.21. The Kier molecular flexibility index (Phi) is 2.27. The van der Waals surface area contributed by atoms with E-state index in [0.717, 1.165) is 0 Å². The highest BCUT2D eigenvalue weighted by atomic mass is 14.9. The van der Waals surface area contributed by atoms with E-state index < -0.39 is 0 Å². The molecule has 98 valence electrons. The Morgan fingerprint density at radius 1 is 0.600 bits per heavy atom. The van der Waals surface area contributed by atoms with Crippen LogP contribution in [0.4, 0.5) is 0 Å². The van der Waals surface area contributed by atoms with Crippen LogP contribution in [0.3, 0.4) is 0 Å². The predicted octanol–water partition coefficient (Wildman–Crippen LogP) is 4.34. The Morgan fingerprint density at radius 2 is 1.05 bits per heavy atom. The van der Waals surface area contributed by atoms with Crippen LogP contribution < -0.4 is 0 Å². The molecule has 0 bridgehead atoms. The molecular weight excluding hydrogens is 244 g/mol. The Balaban J connectivity index is 1.91. The van der Waals surface area contributed by atoms with Crippen LogP contribution in [0.2, 0.25) is 0 Å². The first-order valence-corrected chi connectivity index (χ1v) is 6.83. The van der Waals surface area contributed by atoms with E-state index in [1.54, 1.807) is 0 Å². The SMILES string of the molecule is Cn1ccc2cc(-c3ccc4c(ccn4C)c3)ccc21. The smallest absolute Gasteiger partial charge is 0.0478 e. The van der Waals surface area contributed by atoms with E-state index in [9.17, 15) is 0 Å². The minimum atomic E-state index is 1.27. The third kappa shape index (κ3) is 1.58. The fourth-order valence-electron chi connectivity index (χ4n) is 2.92. The average molecular weight is 260 g/mol. The van der Waals surface area contributed by atoms with E-state index in [0.29, 0.717) is 0 Å². The third-order valence-corrected chi connectivity index (χ3v) is 4.10. The molecule has 0 radical (unpaired) electrons. The van der Waals surface area contributed by atoms with Gasteiger partial charge in [0.2, 0.25) is 0 Å². The third-order valence-electron chi connectivity index (χ3n) is 4.10. The summed E-state index contributed by atoms with van der Waals surface area (Å²) in [7, 11) is 4.16.